The van der Waals surface area contributed by atoms with E-state index in [-0.39, 0.29) is 16.9 Å². The fraction of sp³-hybridized carbons (Fsp3) is 0.533. The van der Waals surface area contributed by atoms with Gasteiger partial charge in [-0.25, -0.2) is 4.99 Å². The molecule has 0 aromatic carbocycles. The smallest absolute Gasteiger partial charge is 0.271 e. The summed E-state index contributed by atoms with van der Waals surface area (Å²) in [5, 5.41) is 8.15. The first-order chi connectivity index (χ1) is 11.1. The highest BCUT2D eigenvalue weighted by atomic mass is 32.2. The maximum absolute atomic E-state index is 12.6. The first-order valence-corrected chi connectivity index (χ1v) is 8.65. The molecule has 7 nitrogen and oxygen atoms in total. The third-order valence-corrected chi connectivity index (χ3v) is 5.58. The Labute approximate surface area is 137 Å². The highest BCUT2D eigenvalue weighted by molar-refractivity contribution is 8.14. The normalized spacial score (nSPS) is 22.0. The van der Waals surface area contributed by atoms with Crippen molar-refractivity contribution in [3.63, 3.8) is 0 Å². The van der Waals surface area contributed by atoms with Crippen LogP contribution in [0.15, 0.2) is 22.1 Å². The number of ether oxygens (including phenoxy) is 1. The summed E-state index contributed by atoms with van der Waals surface area (Å²) in [4.78, 5) is 17.3. The number of rotatable bonds is 2. The van der Waals surface area contributed by atoms with Gasteiger partial charge in [0, 0.05) is 26.5 Å². The lowest BCUT2D eigenvalue weighted by molar-refractivity contribution is 0.0666. The number of thioether (sulfide) groups is 1. The molecule has 2 aliphatic rings. The van der Waals surface area contributed by atoms with Gasteiger partial charge in [-0.1, -0.05) is 11.8 Å². The van der Waals surface area contributed by atoms with Crippen molar-refractivity contribution in [2.24, 2.45) is 12.0 Å². The molecule has 1 fully saturated rings. The molecule has 0 spiro atoms. The number of hydrogen-bond acceptors (Lipinski definition) is 5. The molecule has 2 aromatic heterocycles. The fourth-order valence-electron chi connectivity index (χ4n) is 3.27. The molecule has 1 saturated heterocycles. The van der Waals surface area contributed by atoms with Gasteiger partial charge < -0.3 is 4.74 Å². The van der Waals surface area contributed by atoms with Crippen LogP contribution in [0.25, 0.3) is 0 Å². The number of H-pyrrole nitrogens is 1. The Balaban J connectivity index is 1.84. The molecule has 8 heteroatoms. The van der Waals surface area contributed by atoms with Gasteiger partial charge >= 0.3 is 0 Å². The number of aliphatic imine (C=N–C) groups is 1. The standard InChI is InChI=1S/C15H19N5O2S/c1-9-17-14-12(13(23-9)11-3-6-16-19(11)2)15(21)18-20(14)10-4-7-22-8-5-10/h3,6,10,13H,4-5,7-8H2,1-2H3,(H,18,21)/t13-/m1/s1. The molecule has 122 valence electrons. The third kappa shape index (κ3) is 2.46. The van der Waals surface area contributed by atoms with E-state index in [4.69, 9.17) is 4.74 Å². The second kappa shape index (κ2) is 5.68. The third-order valence-electron chi connectivity index (χ3n) is 4.43. The molecule has 1 N–H and O–H groups in total. The second-order valence-corrected chi connectivity index (χ2v) is 7.20. The highest BCUT2D eigenvalue weighted by Crippen LogP contribution is 2.44. The van der Waals surface area contributed by atoms with Crippen LogP contribution < -0.4 is 5.56 Å². The molecule has 0 unspecified atom stereocenters. The van der Waals surface area contributed by atoms with Crippen LogP contribution in [0.1, 0.15) is 42.3 Å². The Morgan fingerprint density at radius 1 is 1.39 bits per heavy atom. The average molecular weight is 333 g/mol. The minimum atomic E-state index is -0.0696. The number of nitrogens with one attached hydrogen (secondary N) is 1. The minimum absolute atomic E-state index is 0.0542. The first kappa shape index (κ1) is 14.8. The molecular formula is C15H19N5O2S. The second-order valence-electron chi connectivity index (χ2n) is 5.90. The zero-order valence-corrected chi connectivity index (χ0v) is 14.0. The van der Waals surface area contributed by atoms with E-state index < -0.39 is 0 Å². The quantitative estimate of drug-likeness (QED) is 0.913. The molecule has 0 amide bonds. The monoisotopic (exact) mass is 333 g/mol. The molecule has 23 heavy (non-hydrogen) atoms. The van der Waals surface area contributed by atoms with E-state index in [2.05, 4.69) is 15.2 Å². The number of aromatic nitrogens is 4. The van der Waals surface area contributed by atoms with Crippen molar-refractivity contribution in [1.29, 1.82) is 0 Å². The summed E-state index contributed by atoms with van der Waals surface area (Å²) in [5.41, 5.74) is 1.69. The van der Waals surface area contributed by atoms with Crippen LogP contribution in [0, 0.1) is 0 Å². The SMILES string of the molecule is CC1=Nc2c(c(=O)[nH]n2C2CCOCC2)[C@@H](c2ccnn2C)S1. The Bertz CT molecular complexity index is 812. The lowest BCUT2D eigenvalue weighted by atomic mass is 10.1. The van der Waals surface area contributed by atoms with Crippen LogP contribution in [-0.2, 0) is 11.8 Å². The van der Waals surface area contributed by atoms with Gasteiger partial charge in [0.15, 0.2) is 5.82 Å². The summed E-state index contributed by atoms with van der Waals surface area (Å²) in [7, 11) is 1.90. The van der Waals surface area contributed by atoms with Gasteiger partial charge in [0.1, 0.15) is 0 Å². The van der Waals surface area contributed by atoms with E-state index >= 15 is 0 Å². The number of hydrogen-bond donors (Lipinski definition) is 1. The molecule has 4 heterocycles. The molecule has 1 atom stereocenters. The van der Waals surface area contributed by atoms with Gasteiger partial charge in [0.05, 0.1) is 27.6 Å². The van der Waals surface area contributed by atoms with Crippen molar-refractivity contribution in [3.8, 4) is 0 Å². The van der Waals surface area contributed by atoms with E-state index in [0.29, 0.717) is 0 Å². The zero-order chi connectivity index (χ0) is 16.0. The molecule has 0 bridgehead atoms. The Kier molecular flexibility index (Phi) is 3.65. The molecule has 0 radical (unpaired) electrons. The number of nitrogens with zero attached hydrogens (tertiary/aromatic N) is 4. The fourth-order valence-corrected chi connectivity index (χ4v) is 4.43. The Morgan fingerprint density at radius 3 is 2.87 bits per heavy atom. The van der Waals surface area contributed by atoms with E-state index in [9.17, 15) is 4.79 Å². The van der Waals surface area contributed by atoms with Crippen LogP contribution in [0.4, 0.5) is 5.82 Å². The maximum Gasteiger partial charge on any atom is 0.271 e. The predicted octanol–water partition coefficient (Wildman–Crippen LogP) is 2.15. The maximum atomic E-state index is 12.6. The summed E-state index contributed by atoms with van der Waals surface area (Å²) in [5.74, 6) is 0.768. The summed E-state index contributed by atoms with van der Waals surface area (Å²) < 4.78 is 9.21. The van der Waals surface area contributed by atoms with Crippen LogP contribution in [0.5, 0.6) is 0 Å². The van der Waals surface area contributed by atoms with E-state index in [0.717, 1.165) is 48.2 Å². The Morgan fingerprint density at radius 2 is 2.17 bits per heavy atom. The van der Waals surface area contributed by atoms with Crippen molar-refractivity contribution >= 4 is 22.6 Å². The van der Waals surface area contributed by atoms with Crippen molar-refractivity contribution in [2.45, 2.75) is 31.1 Å². The van der Waals surface area contributed by atoms with Crippen molar-refractivity contribution in [2.75, 3.05) is 13.2 Å². The van der Waals surface area contributed by atoms with Crippen molar-refractivity contribution < 1.29 is 4.74 Å². The molecule has 2 aromatic rings. The van der Waals surface area contributed by atoms with Crippen LogP contribution in [0.2, 0.25) is 0 Å². The lowest BCUT2D eigenvalue weighted by Gasteiger charge is -2.26. The van der Waals surface area contributed by atoms with Crippen molar-refractivity contribution in [3.05, 3.63) is 33.9 Å². The van der Waals surface area contributed by atoms with Gasteiger partial charge in [-0.15, -0.1) is 0 Å². The average Bonchev–Trinajstić information content (AvgIpc) is 3.11. The predicted molar refractivity (Wildman–Crippen MR) is 89.6 cm³/mol. The zero-order valence-electron chi connectivity index (χ0n) is 13.2. The van der Waals surface area contributed by atoms with E-state index in [1.54, 1.807) is 18.0 Å². The largest absolute Gasteiger partial charge is 0.381 e. The molecule has 4 rings (SSSR count). The van der Waals surface area contributed by atoms with Gasteiger partial charge in [-0.2, -0.15) is 5.10 Å². The molecule has 2 aliphatic heterocycles. The van der Waals surface area contributed by atoms with Crippen molar-refractivity contribution in [1.82, 2.24) is 19.6 Å². The van der Waals surface area contributed by atoms with Crippen LogP contribution >= 0.6 is 11.8 Å². The summed E-state index contributed by atoms with van der Waals surface area (Å²) >= 11 is 1.61. The van der Waals surface area contributed by atoms with Crippen LogP contribution in [0.3, 0.4) is 0 Å². The highest BCUT2D eigenvalue weighted by Gasteiger charge is 2.33. The number of fused-ring (bicyclic) bond motifs is 1. The Hall–Kier alpha value is -1.80. The lowest BCUT2D eigenvalue weighted by Crippen LogP contribution is -2.21. The summed E-state index contributed by atoms with van der Waals surface area (Å²) in [6.45, 7) is 3.44. The van der Waals surface area contributed by atoms with E-state index in [1.165, 1.54) is 0 Å². The van der Waals surface area contributed by atoms with Gasteiger partial charge in [0.2, 0.25) is 0 Å². The molecule has 0 aliphatic carbocycles. The summed E-state index contributed by atoms with van der Waals surface area (Å²) in [6.07, 6.45) is 3.56. The first-order valence-electron chi connectivity index (χ1n) is 7.77. The van der Waals surface area contributed by atoms with Gasteiger partial charge in [-0.3, -0.25) is 19.3 Å². The minimum Gasteiger partial charge on any atom is -0.381 e. The molecular weight excluding hydrogens is 314 g/mol. The number of aromatic amines is 1. The van der Waals surface area contributed by atoms with Gasteiger partial charge in [0.25, 0.3) is 5.56 Å². The van der Waals surface area contributed by atoms with Crippen LogP contribution in [-0.4, -0.2) is 37.8 Å². The number of aryl methyl sites for hydroxylation is 1. The van der Waals surface area contributed by atoms with Gasteiger partial charge in [-0.05, 0) is 25.8 Å². The van der Waals surface area contributed by atoms with E-state index in [1.807, 2.05) is 29.4 Å². The molecule has 0 saturated carbocycles. The summed E-state index contributed by atoms with van der Waals surface area (Å²) in [6, 6.07) is 2.21. The topological polar surface area (TPSA) is 77.2 Å².